The van der Waals surface area contributed by atoms with Crippen molar-refractivity contribution in [3.8, 4) is 0 Å². The minimum Gasteiger partial charge on any atom is -0.398 e. The van der Waals surface area contributed by atoms with Gasteiger partial charge in [0.25, 0.3) is 5.91 Å². The highest BCUT2D eigenvalue weighted by atomic mass is 16.7. The molecule has 0 spiro atoms. The van der Waals surface area contributed by atoms with Gasteiger partial charge in [-0.05, 0) is 20.8 Å². The normalized spacial score (nSPS) is 24.1. The minimum absolute atomic E-state index is 0.0552. The molecule has 2 atom stereocenters. The largest absolute Gasteiger partial charge is 0.398 e. The maximum Gasteiger partial charge on any atom is 0.273 e. The van der Waals surface area contributed by atoms with Crippen molar-refractivity contribution in [2.24, 2.45) is 5.16 Å². The van der Waals surface area contributed by atoms with Crippen LogP contribution in [0.5, 0.6) is 0 Å². The fraction of sp³-hybridized carbons (Fsp3) is 0.529. The van der Waals surface area contributed by atoms with Crippen LogP contribution in [0.2, 0.25) is 0 Å². The van der Waals surface area contributed by atoms with Crippen LogP contribution in [0.1, 0.15) is 44.6 Å². The summed E-state index contributed by atoms with van der Waals surface area (Å²) in [7, 11) is 2.96. The molecule has 0 radical (unpaired) electrons. The summed E-state index contributed by atoms with van der Waals surface area (Å²) in [5.41, 5.74) is 1.27. The van der Waals surface area contributed by atoms with Gasteiger partial charge in [0, 0.05) is 24.6 Å². The van der Waals surface area contributed by atoms with Crippen molar-refractivity contribution in [3.05, 3.63) is 35.4 Å². The van der Waals surface area contributed by atoms with Crippen molar-refractivity contribution in [1.82, 2.24) is 5.32 Å². The van der Waals surface area contributed by atoms with Crippen molar-refractivity contribution in [2.75, 3.05) is 14.2 Å². The molecule has 6 nitrogen and oxygen atoms in total. The standard InChI is InChI=1S/C17H24N2O4/c1-11-10-17(2,3)23-16(22-11)13-9-7-6-8-12(13)14(19-21-5)15(20)18-4/h6-9,11,16H,10H2,1-5H3,(H,18,20)/b19-14-. The van der Waals surface area contributed by atoms with Crippen molar-refractivity contribution in [2.45, 2.75) is 45.2 Å². The summed E-state index contributed by atoms with van der Waals surface area (Å²) < 4.78 is 12.0. The van der Waals surface area contributed by atoms with Crippen LogP contribution in [-0.2, 0) is 19.1 Å². The van der Waals surface area contributed by atoms with Crippen LogP contribution in [0, 0.1) is 0 Å². The summed E-state index contributed by atoms with van der Waals surface area (Å²) in [6.45, 7) is 6.08. The number of ether oxygens (including phenoxy) is 2. The Morgan fingerprint density at radius 3 is 2.70 bits per heavy atom. The Labute approximate surface area is 136 Å². The molecule has 0 aliphatic carbocycles. The summed E-state index contributed by atoms with van der Waals surface area (Å²) in [4.78, 5) is 17.0. The van der Waals surface area contributed by atoms with Crippen LogP contribution < -0.4 is 5.32 Å². The Balaban J connectivity index is 2.44. The topological polar surface area (TPSA) is 69.2 Å². The SMILES string of the molecule is CNC(=O)/C(=N\OC)c1ccccc1C1OC(C)CC(C)(C)O1. The number of oxime groups is 1. The molecule has 1 saturated heterocycles. The number of carbonyl (C=O) groups excluding carboxylic acids is 1. The van der Waals surface area contributed by atoms with E-state index in [1.807, 2.05) is 39.0 Å². The summed E-state index contributed by atoms with van der Waals surface area (Å²) in [5.74, 6) is -0.331. The lowest BCUT2D eigenvalue weighted by atomic mass is 9.97. The third-order valence-electron chi connectivity index (χ3n) is 3.66. The average molecular weight is 320 g/mol. The third kappa shape index (κ3) is 4.09. The number of amides is 1. The van der Waals surface area contributed by atoms with Gasteiger partial charge in [-0.25, -0.2) is 0 Å². The van der Waals surface area contributed by atoms with E-state index in [1.165, 1.54) is 7.11 Å². The minimum atomic E-state index is -0.559. The van der Waals surface area contributed by atoms with Gasteiger partial charge < -0.3 is 19.6 Å². The Morgan fingerprint density at radius 1 is 1.39 bits per heavy atom. The van der Waals surface area contributed by atoms with Crippen molar-refractivity contribution < 1.29 is 19.1 Å². The number of likely N-dealkylation sites (N-methyl/N-ethyl adjacent to an activating group) is 1. The number of nitrogens with one attached hydrogen (secondary N) is 1. The lowest BCUT2D eigenvalue weighted by molar-refractivity contribution is -0.273. The second kappa shape index (κ2) is 7.10. The van der Waals surface area contributed by atoms with E-state index in [2.05, 4.69) is 10.5 Å². The zero-order chi connectivity index (χ0) is 17.0. The van der Waals surface area contributed by atoms with E-state index in [9.17, 15) is 4.79 Å². The summed E-state index contributed by atoms with van der Waals surface area (Å²) in [6.07, 6.45) is 0.302. The summed E-state index contributed by atoms with van der Waals surface area (Å²) >= 11 is 0. The second-order valence-electron chi connectivity index (χ2n) is 6.15. The molecule has 1 aromatic carbocycles. The zero-order valence-electron chi connectivity index (χ0n) is 14.3. The Morgan fingerprint density at radius 2 is 2.09 bits per heavy atom. The highest BCUT2D eigenvalue weighted by molar-refractivity contribution is 6.45. The van der Waals surface area contributed by atoms with Gasteiger partial charge >= 0.3 is 0 Å². The molecule has 1 fully saturated rings. The van der Waals surface area contributed by atoms with Gasteiger partial charge in [-0.1, -0.05) is 29.4 Å². The number of nitrogens with zero attached hydrogens (tertiary/aromatic N) is 1. The van der Waals surface area contributed by atoms with E-state index in [4.69, 9.17) is 14.3 Å². The second-order valence-corrected chi connectivity index (χ2v) is 6.15. The van der Waals surface area contributed by atoms with Gasteiger partial charge in [0.05, 0.1) is 11.7 Å². The van der Waals surface area contributed by atoms with Crippen LogP contribution in [-0.4, -0.2) is 37.5 Å². The number of hydrogen-bond donors (Lipinski definition) is 1. The Hall–Kier alpha value is -1.92. The van der Waals surface area contributed by atoms with Crippen molar-refractivity contribution >= 4 is 11.6 Å². The summed E-state index contributed by atoms with van der Waals surface area (Å²) in [5, 5.41) is 6.44. The predicted octanol–water partition coefficient (Wildman–Crippen LogP) is 2.39. The molecule has 0 saturated carbocycles. The lowest BCUT2D eigenvalue weighted by Gasteiger charge is -2.40. The molecule has 0 bridgehead atoms. The van der Waals surface area contributed by atoms with Crippen LogP contribution >= 0.6 is 0 Å². The van der Waals surface area contributed by atoms with Crippen LogP contribution in [0.15, 0.2) is 29.4 Å². The molecule has 23 heavy (non-hydrogen) atoms. The highest BCUT2D eigenvalue weighted by Crippen LogP contribution is 2.36. The number of hydrogen-bond acceptors (Lipinski definition) is 5. The van der Waals surface area contributed by atoms with E-state index < -0.39 is 6.29 Å². The van der Waals surface area contributed by atoms with Gasteiger partial charge in [0.2, 0.25) is 0 Å². The number of benzene rings is 1. The molecule has 1 aromatic rings. The molecular formula is C17H24N2O4. The lowest BCUT2D eigenvalue weighted by Crippen LogP contribution is -2.39. The first-order valence-corrected chi connectivity index (χ1v) is 7.63. The van der Waals surface area contributed by atoms with Crippen LogP contribution in [0.25, 0.3) is 0 Å². The first-order chi connectivity index (χ1) is 10.9. The molecule has 126 valence electrons. The summed E-state index contributed by atoms with van der Waals surface area (Å²) in [6, 6.07) is 7.40. The molecule has 1 N–H and O–H groups in total. The Bertz CT molecular complexity index is 598. The van der Waals surface area contributed by atoms with Gasteiger partial charge in [-0.3, -0.25) is 4.79 Å². The van der Waals surface area contributed by atoms with Gasteiger partial charge in [0.15, 0.2) is 12.0 Å². The number of carbonyl (C=O) groups is 1. The molecule has 1 amide bonds. The highest BCUT2D eigenvalue weighted by Gasteiger charge is 2.36. The van der Waals surface area contributed by atoms with Crippen LogP contribution in [0.3, 0.4) is 0 Å². The van der Waals surface area contributed by atoms with Gasteiger partial charge in [-0.2, -0.15) is 0 Å². The molecule has 1 heterocycles. The number of rotatable bonds is 4. The van der Waals surface area contributed by atoms with Crippen LogP contribution in [0.4, 0.5) is 0 Å². The monoisotopic (exact) mass is 320 g/mol. The fourth-order valence-corrected chi connectivity index (χ4v) is 2.79. The van der Waals surface area contributed by atoms with E-state index in [1.54, 1.807) is 13.1 Å². The third-order valence-corrected chi connectivity index (χ3v) is 3.66. The zero-order valence-corrected chi connectivity index (χ0v) is 14.3. The molecule has 6 heteroatoms. The Kier molecular flexibility index (Phi) is 5.38. The molecule has 1 aliphatic rings. The molecular weight excluding hydrogens is 296 g/mol. The average Bonchev–Trinajstić information content (AvgIpc) is 2.50. The maximum absolute atomic E-state index is 12.1. The quantitative estimate of drug-likeness (QED) is 0.683. The van der Waals surface area contributed by atoms with E-state index >= 15 is 0 Å². The van der Waals surface area contributed by atoms with Crippen molar-refractivity contribution in [1.29, 1.82) is 0 Å². The fourth-order valence-electron chi connectivity index (χ4n) is 2.79. The smallest absolute Gasteiger partial charge is 0.273 e. The predicted molar refractivity (Wildman–Crippen MR) is 87.1 cm³/mol. The van der Waals surface area contributed by atoms with E-state index in [-0.39, 0.29) is 23.3 Å². The van der Waals surface area contributed by atoms with E-state index in [0.29, 0.717) is 5.56 Å². The first-order valence-electron chi connectivity index (χ1n) is 7.63. The first kappa shape index (κ1) is 17.4. The molecule has 2 rings (SSSR count). The van der Waals surface area contributed by atoms with Gasteiger partial charge in [0.1, 0.15) is 7.11 Å². The molecule has 0 aromatic heterocycles. The molecule has 2 unspecified atom stereocenters. The molecule has 1 aliphatic heterocycles. The van der Waals surface area contributed by atoms with Gasteiger partial charge in [-0.15, -0.1) is 0 Å². The van der Waals surface area contributed by atoms with Crippen molar-refractivity contribution in [3.63, 3.8) is 0 Å². The maximum atomic E-state index is 12.1. The van der Waals surface area contributed by atoms with E-state index in [0.717, 1.165) is 12.0 Å².